The monoisotopic (exact) mass is 290 g/mol. The molecule has 0 atom stereocenters. The van der Waals surface area contributed by atoms with Crippen molar-refractivity contribution in [2.75, 3.05) is 17.4 Å². The van der Waals surface area contributed by atoms with Crippen molar-refractivity contribution in [3.05, 3.63) is 52.7 Å². The Kier molecular flexibility index (Phi) is 4.22. The molecule has 0 spiro atoms. The van der Waals surface area contributed by atoms with Gasteiger partial charge in [0.1, 0.15) is 11.0 Å². The van der Waals surface area contributed by atoms with E-state index in [0.717, 1.165) is 11.3 Å². The van der Waals surface area contributed by atoms with Crippen molar-refractivity contribution in [3.8, 4) is 0 Å². The molecule has 2 rings (SSSR count). The van der Waals surface area contributed by atoms with Crippen LogP contribution < -0.4 is 16.2 Å². The van der Waals surface area contributed by atoms with Crippen LogP contribution in [0.2, 0.25) is 5.15 Å². The second-order valence-corrected chi connectivity index (χ2v) is 4.80. The maximum atomic E-state index is 12.4. The Balaban J connectivity index is 2.33. The quantitative estimate of drug-likeness (QED) is 0.518. The van der Waals surface area contributed by atoms with Gasteiger partial charge in [0.2, 0.25) is 0 Å². The molecule has 3 N–H and O–H groups in total. The highest BCUT2D eigenvalue weighted by Crippen LogP contribution is 2.20. The minimum atomic E-state index is -0.184. The number of hydrazine groups is 1. The van der Waals surface area contributed by atoms with Gasteiger partial charge in [0.15, 0.2) is 0 Å². The molecule has 0 bridgehead atoms. The van der Waals surface area contributed by atoms with E-state index in [9.17, 15) is 4.79 Å². The van der Waals surface area contributed by atoms with Crippen LogP contribution in [0.4, 0.5) is 11.5 Å². The molecule has 104 valence electrons. The summed E-state index contributed by atoms with van der Waals surface area (Å²) in [6.45, 7) is 1.97. The first kappa shape index (κ1) is 14.3. The van der Waals surface area contributed by atoms with Crippen molar-refractivity contribution in [2.24, 2.45) is 5.84 Å². The van der Waals surface area contributed by atoms with Crippen LogP contribution in [0.3, 0.4) is 0 Å². The van der Waals surface area contributed by atoms with E-state index in [0.29, 0.717) is 11.4 Å². The first-order valence-corrected chi connectivity index (χ1v) is 6.38. The molecular formula is C14H15ClN4O. The maximum Gasteiger partial charge on any atom is 0.258 e. The maximum absolute atomic E-state index is 12.4. The predicted octanol–water partition coefficient (Wildman–Crippen LogP) is 2.61. The fourth-order valence-electron chi connectivity index (χ4n) is 1.84. The molecule has 0 saturated heterocycles. The van der Waals surface area contributed by atoms with Crippen molar-refractivity contribution >= 4 is 29.0 Å². The van der Waals surface area contributed by atoms with Crippen LogP contribution in [0, 0.1) is 6.92 Å². The summed E-state index contributed by atoms with van der Waals surface area (Å²) in [7, 11) is 1.71. The van der Waals surface area contributed by atoms with Crippen molar-refractivity contribution in [3.63, 3.8) is 0 Å². The Morgan fingerprint density at radius 3 is 2.75 bits per heavy atom. The van der Waals surface area contributed by atoms with E-state index in [-0.39, 0.29) is 11.1 Å². The Morgan fingerprint density at radius 2 is 2.10 bits per heavy atom. The molecule has 5 nitrogen and oxygen atoms in total. The lowest BCUT2D eigenvalue weighted by atomic mass is 10.2. The normalized spacial score (nSPS) is 10.2. The van der Waals surface area contributed by atoms with Crippen LogP contribution in [0.15, 0.2) is 36.4 Å². The standard InChI is InChI=1S/C14H15ClN4O/c1-9-4-3-5-11(6-9)19(2)14(20)10-7-12(15)17-13(8-10)18-16/h3-8H,16H2,1-2H3,(H,17,18). The summed E-state index contributed by atoms with van der Waals surface area (Å²) in [4.78, 5) is 17.9. The number of benzene rings is 1. The first-order chi connectivity index (χ1) is 9.51. The molecule has 2 aromatic rings. The summed E-state index contributed by atoms with van der Waals surface area (Å²) in [5.74, 6) is 5.46. The number of carbonyl (C=O) groups excluding carboxylic acids is 1. The lowest BCUT2D eigenvalue weighted by Crippen LogP contribution is -2.26. The highest BCUT2D eigenvalue weighted by atomic mass is 35.5. The number of halogens is 1. The number of anilines is 2. The SMILES string of the molecule is Cc1cccc(N(C)C(=O)c2cc(Cl)nc(NN)c2)c1. The van der Waals surface area contributed by atoms with Crippen LogP contribution in [-0.2, 0) is 0 Å². The van der Waals surface area contributed by atoms with Crippen LogP contribution >= 0.6 is 11.6 Å². The third-order valence-corrected chi connectivity index (χ3v) is 3.08. The Hall–Kier alpha value is -2.11. The minimum absolute atomic E-state index is 0.184. The molecule has 0 fully saturated rings. The van der Waals surface area contributed by atoms with Gasteiger partial charge in [-0.1, -0.05) is 23.7 Å². The van der Waals surface area contributed by atoms with Gasteiger partial charge < -0.3 is 10.3 Å². The fraction of sp³-hybridized carbons (Fsp3) is 0.143. The number of amides is 1. The molecule has 1 amide bonds. The third-order valence-electron chi connectivity index (χ3n) is 2.88. The Morgan fingerprint density at radius 1 is 1.35 bits per heavy atom. The number of nitrogens with two attached hydrogens (primary N) is 1. The number of aryl methyl sites for hydroxylation is 1. The second kappa shape index (κ2) is 5.90. The molecule has 1 aromatic carbocycles. The molecule has 6 heteroatoms. The van der Waals surface area contributed by atoms with Crippen LogP contribution in [0.5, 0.6) is 0 Å². The van der Waals surface area contributed by atoms with E-state index in [2.05, 4.69) is 10.4 Å². The predicted molar refractivity (Wildman–Crippen MR) is 81.0 cm³/mol. The van der Waals surface area contributed by atoms with Crippen LogP contribution in [0.25, 0.3) is 0 Å². The van der Waals surface area contributed by atoms with Gasteiger partial charge in [-0.25, -0.2) is 10.8 Å². The highest BCUT2D eigenvalue weighted by molar-refractivity contribution is 6.30. The molecule has 0 aliphatic carbocycles. The van der Waals surface area contributed by atoms with Gasteiger partial charge in [-0.15, -0.1) is 0 Å². The van der Waals surface area contributed by atoms with Gasteiger partial charge in [0.25, 0.3) is 5.91 Å². The number of nitrogens with zero attached hydrogens (tertiary/aromatic N) is 2. The van der Waals surface area contributed by atoms with Gasteiger partial charge in [-0.05, 0) is 36.8 Å². The van der Waals surface area contributed by atoms with Gasteiger partial charge in [0.05, 0.1) is 0 Å². The zero-order chi connectivity index (χ0) is 14.7. The van der Waals surface area contributed by atoms with E-state index in [1.54, 1.807) is 18.0 Å². The fourth-order valence-corrected chi connectivity index (χ4v) is 2.05. The summed E-state index contributed by atoms with van der Waals surface area (Å²) in [5.41, 5.74) is 4.70. The molecular weight excluding hydrogens is 276 g/mol. The molecule has 0 unspecified atom stereocenters. The number of nitrogens with one attached hydrogen (secondary N) is 1. The Labute approximate surface area is 122 Å². The number of hydrogen-bond donors (Lipinski definition) is 2. The van der Waals surface area contributed by atoms with Gasteiger partial charge >= 0.3 is 0 Å². The number of aromatic nitrogens is 1. The highest BCUT2D eigenvalue weighted by Gasteiger charge is 2.15. The van der Waals surface area contributed by atoms with Crippen molar-refractivity contribution in [1.82, 2.24) is 4.98 Å². The smallest absolute Gasteiger partial charge is 0.258 e. The van der Waals surface area contributed by atoms with E-state index < -0.39 is 0 Å². The van der Waals surface area contributed by atoms with Gasteiger partial charge in [0, 0.05) is 18.3 Å². The van der Waals surface area contributed by atoms with E-state index in [1.807, 2.05) is 31.2 Å². The topological polar surface area (TPSA) is 71.2 Å². The molecule has 0 saturated carbocycles. The number of hydrogen-bond acceptors (Lipinski definition) is 4. The van der Waals surface area contributed by atoms with Crippen LogP contribution in [0.1, 0.15) is 15.9 Å². The average Bonchev–Trinajstić information content (AvgIpc) is 2.45. The second-order valence-electron chi connectivity index (χ2n) is 4.41. The largest absolute Gasteiger partial charge is 0.311 e. The molecule has 20 heavy (non-hydrogen) atoms. The molecule has 1 heterocycles. The zero-order valence-electron chi connectivity index (χ0n) is 11.2. The zero-order valence-corrected chi connectivity index (χ0v) is 12.0. The van der Waals surface area contributed by atoms with Crippen molar-refractivity contribution < 1.29 is 4.79 Å². The first-order valence-electron chi connectivity index (χ1n) is 6.00. The van der Waals surface area contributed by atoms with E-state index in [4.69, 9.17) is 17.4 Å². The average molecular weight is 291 g/mol. The summed E-state index contributed by atoms with van der Waals surface area (Å²) in [6, 6.07) is 10.7. The Bertz CT molecular complexity index is 645. The number of rotatable bonds is 3. The van der Waals surface area contributed by atoms with Crippen molar-refractivity contribution in [2.45, 2.75) is 6.92 Å². The summed E-state index contributed by atoms with van der Waals surface area (Å²) in [5, 5.41) is 0.210. The van der Waals surface area contributed by atoms with Crippen LogP contribution in [-0.4, -0.2) is 17.9 Å². The summed E-state index contributed by atoms with van der Waals surface area (Å²) in [6.07, 6.45) is 0. The molecule has 0 aliphatic rings. The van der Waals surface area contributed by atoms with E-state index >= 15 is 0 Å². The van der Waals surface area contributed by atoms with Gasteiger partial charge in [-0.3, -0.25) is 4.79 Å². The lowest BCUT2D eigenvalue weighted by molar-refractivity contribution is 0.0993. The summed E-state index contributed by atoms with van der Waals surface area (Å²) >= 11 is 5.87. The van der Waals surface area contributed by atoms with E-state index in [1.165, 1.54) is 6.07 Å². The number of carbonyl (C=O) groups is 1. The lowest BCUT2D eigenvalue weighted by Gasteiger charge is -2.18. The molecule has 0 aliphatic heterocycles. The van der Waals surface area contributed by atoms with Crippen molar-refractivity contribution in [1.29, 1.82) is 0 Å². The number of pyridine rings is 1. The molecule has 1 aromatic heterocycles. The number of nitrogen functional groups attached to an aromatic ring is 1. The minimum Gasteiger partial charge on any atom is -0.311 e. The summed E-state index contributed by atoms with van der Waals surface area (Å²) < 4.78 is 0. The third kappa shape index (κ3) is 3.07. The molecule has 0 radical (unpaired) electrons. The van der Waals surface area contributed by atoms with Gasteiger partial charge in [-0.2, -0.15) is 0 Å².